The van der Waals surface area contributed by atoms with Gasteiger partial charge in [0.1, 0.15) is 6.61 Å². The highest BCUT2D eigenvalue weighted by atomic mass is 16.6. The van der Waals surface area contributed by atoms with Crippen LogP contribution in [-0.2, 0) is 4.74 Å². The number of pyridine rings is 1. The van der Waals surface area contributed by atoms with Crippen molar-refractivity contribution >= 4 is 23.4 Å². The Kier molecular flexibility index (Phi) is 3.51. The van der Waals surface area contributed by atoms with Crippen molar-refractivity contribution in [3.63, 3.8) is 0 Å². The van der Waals surface area contributed by atoms with Crippen LogP contribution in [0.25, 0.3) is 0 Å². The molecule has 1 aromatic carbocycles. The lowest BCUT2D eigenvalue weighted by Crippen LogP contribution is -2.23. The summed E-state index contributed by atoms with van der Waals surface area (Å²) in [6.45, 7) is 0.896. The molecule has 2 amide bonds. The van der Waals surface area contributed by atoms with E-state index >= 15 is 0 Å². The fourth-order valence-corrected chi connectivity index (χ4v) is 2.09. The molecule has 0 unspecified atom stereocenters. The van der Waals surface area contributed by atoms with Crippen LogP contribution < -0.4 is 10.2 Å². The van der Waals surface area contributed by atoms with Crippen molar-refractivity contribution in [2.45, 2.75) is 0 Å². The minimum absolute atomic E-state index is 0.224. The third-order valence-electron chi connectivity index (χ3n) is 3.12. The van der Waals surface area contributed by atoms with Gasteiger partial charge in [-0.25, -0.2) is 4.79 Å². The van der Waals surface area contributed by atoms with E-state index in [9.17, 15) is 9.59 Å². The second-order valence-corrected chi connectivity index (χ2v) is 4.51. The fraction of sp³-hybridized carbons (Fsp3) is 0.133. The van der Waals surface area contributed by atoms with Crippen LogP contribution in [0.5, 0.6) is 0 Å². The van der Waals surface area contributed by atoms with E-state index in [1.54, 1.807) is 48.8 Å². The Hall–Kier alpha value is -2.89. The average molecular weight is 283 g/mol. The molecule has 6 heteroatoms. The number of carbonyl (C=O) groups is 2. The van der Waals surface area contributed by atoms with E-state index in [-0.39, 0.29) is 12.0 Å². The summed E-state index contributed by atoms with van der Waals surface area (Å²) < 4.78 is 4.90. The van der Waals surface area contributed by atoms with Gasteiger partial charge in [-0.3, -0.25) is 14.7 Å². The first-order valence-electron chi connectivity index (χ1n) is 6.50. The number of anilines is 2. The van der Waals surface area contributed by atoms with E-state index in [0.29, 0.717) is 30.1 Å². The monoisotopic (exact) mass is 283 g/mol. The molecule has 0 radical (unpaired) electrons. The van der Waals surface area contributed by atoms with E-state index in [1.165, 1.54) is 4.90 Å². The van der Waals surface area contributed by atoms with Crippen LogP contribution in [0.15, 0.2) is 48.8 Å². The number of carbonyl (C=O) groups excluding carboxylic acids is 2. The Morgan fingerprint density at radius 3 is 2.76 bits per heavy atom. The van der Waals surface area contributed by atoms with Gasteiger partial charge >= 0.3 is 6.09 Å². The predicted molar refractivity (Wildman–Crippen MR) is 77.3 cm³/mol. The van der Waals surface area contributed by atoms with Gasteiger partial charge in [0.25, 0.3) is 5.91 Å². The van der Waals surface area contributed by atoms with Gasteiger partial charge in [0.2, 0.25) is 0 Å². The lowest BCUT2D eigenvalue weighted by atomic mass is 10.2. The molecule has 106 valence electrons. The second kappa shape index (κ2) is 5.62. The van der Waals surface area contributed by atoms with Gasteiger partial charge in [-0.15, -0.1) is 0 Å². The third kappa shape index (κ3) is 2.84. The zero-order valence-electron chi connectivity index (χ0n) is 11.2. The minimum Gasteiger partial charge on any atom is -0.447 e. The topological polar surface area (TPSA) is 71.5 Å². The van der Waals surface area contributed by atoms with Gasteiger partial charge in [-0.05, 0) is 30.3 Å². The number of nitrogens with one attached hydrogen (secondary N) is 1. The number of aromatic nitrogens is 1. The molecule has 0 spiro atoms. The molecule has 1 N–H and O–H groups in total. The van der Waals surface area contributed by atoms with E-state index in [4.69, 9.17) is 4.74 Å². The molecule has 1 aliphatic heterocycles. The number of rotatable bonds is 3. The van der Waals surface area contributed by atoms with Crippen molar-refractivity contribution in [3.05, 3.63) is 54.4 Å². The molecular weight excluding hydrogens is 270 g/mol. The standard InChI is InChI=1S/C15H13N3O3/c19-14(11-4-6-16-7-5-11)17-12-2-1-3-13(10-12)18-8-9-21-15(18)20/h1-7,10H,8-9H2,(H,17,19). The van der Waals surface area contributed by atoms with Gasteiger partial charge in [-0.1, -0.05) is 6.07 Å². The molecule has 0 aliphatic carbocycles. The summed E-state index contributed by atoms with van der Waals surface area (Å²) >= 11 is 0. The highest BCUT2D eigenvalue weighted by molar-refractivity contribution is 6.04. The lowest BCUT2D eigenvalue weighted by Gasteiger charge is -2.14. The molecule has 2 aromatic rings. The van der Waals surface area contributed by atoms with E-state index < -0.39 is 0 Å². The van der Waals surface area contributed by atoms with Gasteiger partial charge in [0.15, 0.2) is 0 Å². The SMILES string of the molecule is O=C(Nc1cccc(N2CCOC2=O)c1)c1ccncc1. The molecule has 6 nitrogen and oxygen atoms in total. The van der Waals surface area contributed by atoms with Gasteiger partial charge in [-0.2, -0.15) is 0 Å². The van der Waals surface area contributed by atoms with Crippen LogP contribution in [-0.4, -0.2) is 30.1 Å². The van der Waals surface area contributed by atoms with Gasteiger partial charge < -0.3 is 10.1 Å². The van der Waals surface area contributed by atoms with Crippen LogP contribution in [0, 0.1) is 0 Å². The zero-order chi connectivity index (χ0) is 14.7. The number of cyclic esters (lactones) is 1. The number of nitrogens with zero attached hydrogens (tertiary/aromatic N) is 2. The molecule has 0 saturated carbocycles. The van der Waals surface area contributed by atoms with Crippen LogP contribution >= 0.6 is 0 Å². The van der Waals surface area contributed by atoms with Crippen LogP contribution in [0.1, 0.15) is 10.4 Å². The lowest BCUT2D eigenvalue weighted by molar-refractivity contribution is 0.102. The van der Waals surface area contributed by atoms with Crippen LogP contribution in [0.2, 0.25) is 0 Å². The first-order valence-corrected chi connectivity index (χ1v) is 6.50. The Balaban J connectivity index is 1.77. The molecule has 1 fully saturated rings. The summed E-state index contributed by atoms with van der Waals surface area (Å²) in [5.41, 5.74) is 1.84. The number of benzene rings is 1. The van der Waals surface area contributed by atoms with E-state index in [1.807, 2.05) is 0 Å². The molecule has 0 atom stereocenters. The maximum Gasteiger partial charge on any atom is 0.414 e. The summed E-state index contributed by atoms with van der Waals surface area (Å²) in [5.74, 6) is -0.224. The minimum atomic E-state index is -0.368. The van der Waals surface area contributed by atoms with Crippen molar-refractivity contribution in [2.24, 2.45) is 0 Å². The van der Waals surface area contributed by atoms with Crippen molar-refractivity contribution in [2.75, 3.05) is 23.4 Å². The molecule has 3 rings (SSSR count). The maximum absolute atomic E-state index is 12.1. The number of ether oxygens (including phenoxy) is 1. The quantitative estimate of drug-likeness (QED) is 0.938. The Morgan fingerprint density at radius 2 is 2.05 bits per heavy atom. The van der Waals surface area contributed by atoms with Gasteiger partial charge in [0, 0.05) is 29.3 Å². The first-order chi connectivity index (χ1) is 10.2. The Labute approximate surface area is 121 Å². The highest BCUT2D eigenvalue weighted by Gasteiger charge is 2.23. The third-order valence-corrected chi connectivity index (χ3v) is 3.12. The van der Waals surface area contributed by atoms with Crippen molar-refractivity contribution < 1.29 is 14.3 Å². The van der Waals surface area contributed by atoms with Crippen molar-refractivity contribution in [1.29, 1.82) is 0 Å². The zero-order valence-corrected chi connectivity index (χ0v) is 11.2. The largest absolute Gasteiger partial charge is 0.447 e. The van der Waals surface area contributed by atoms with Gasteiger partial charge in [0.05, 0.1) is 6.54 Å². The molecular formula is C15H13N3O3. The molecule has 21 heavy (non-hydrogen) atoms. The predicted octanol–water partition coefficient (Wildman–Crippen LogP) is 2.29. The molecule has 1 aliphatic rings. The first kappa shape index (κ1) is 13.1. The summed E-state index contributed by atoms with van der Waals surface area (Å²) in [7, 11) is 0. The summed E-state index contributed by atoms with van der Waals surface area (Å²) in [6, 6.07) is 10.4. The van der Waals surface area contributed by atoms with Crippen LogP contribution in [0.4, 0.5) is 16.2 Å². The Bertz CT molecular complexity index is 673. The maximum atomic E-state index is 12.1. The summed E-state index contributed by atoms with van der Waals surface area (Å²) in [6.07, 6.45) is 2.75. The normalized spacial score (nSPS) is 13.9. The second-order valence-electron chi connectivity index (χ2n) is 4.51. The fourth-order valence-electron chi connectivity index (χ4n) is 2.09. The summed E-state index contributed by atoms with van der Waals surface area (Å²) in [4.78, 5) is 29.0. The number of amides is 2. The number of hydrogen-bond acceptors (Lipinski definition) is 4. The molecule has 0 bridgehead atoms. The van der Waals surface area contributed by atoms with Crippen molar-refractivity contribution in [3.8, 4) is 0 Å². The molecule has 2 heterocycles. The Morgan fingerprint density at radius 1 is 1.24 bits per heavy atom. The van der Waals surface area contributed by atoms with E-state index in [2.05, 4.69) is 10.3 Å². The summed E-state index contributed by atoms with van der Waals surface area (Å²) in [5, 5.41) is 2.79. The highest BCUT2D eigenvalue weighted by Crippen LogP contribution is 2.22. The average Bonchev–Trinajstić information content (AvgIpc) is 2.94. The van der Waals surface area contributed by atoms with E-state index in [0.717, 1.165) is 0 Å². The molecule has 1 saturated heterocycles. The molecule has 1 aromatic heterocycles. The van der Waals surface area contributed by atoms with Crippen LogP contribution in [0.3, 0.4) is 0 Å². The van der Waals surface area contributed by atoms with Crippen molar-refractivity contribution in [1.82, 2.24) is 4.98 Å². The smallest absolute Gasteiger partial charge is 0.414 e. The number of hydrogen-bond donors (Lipinski definition) is 1.